The first-order chi connectivity index (χ1) is 9.66. The number of aliphatic hydroxyl groups is 1. The van der Waals surface area contributed by atoms with Gasteiger partial charge in [-0.15, -0.1) is 0 Å². The molecule has 1 fully saturated rings. The molecule has 1 aliphatic rings. The summed E-state index contributed by atoms with van der Waals surface area (Å²) < 4.78 is 5.56. The molecule has 0 unspecified atom stereocenters. The lowest BCUT2D eigenvalue weighted by Crippen LogP contribution is -2.36. The third-order valence-corrected chi connectivity index (χ3v) is 3.69. The van der Waals surface area contributed by atoms with E-state index in [1.165, 1.54) is 32.6 Å². The molecule has 1 aromatic carbocycles. The Morgan fingerprint density at radius 3 is 2.80 bits per heavy atom. The van der Waals surface area contributed by atoms with Crippen molar-refractivity contribution in [1.29, 1.82) is 0 Å². The van der Waals surface area contributed by atoms with Crippen LogP contribution in [0, 0.1) is 0 Å². The number of carbonyl (C=O) groups excluding carboxylic acids is 1. The van der Waals surface area contributed by atoms with Crippen LogP contribution in [0.15, 0.2) is 24.3 Å². The van der Waals surface area contributed by atoms with Crippen molar-refractivity contribution in [1.82, 2.24) is 5.32 Å². The van der Waals surface area contributed by atoms with Gasteiger partial charge in [0.25, 0.3) is 0 Å². The van der Waals surface area contributed by atoms with E-state index in [4.69, 9.17) is 4.74 Å². The van der Waals surface area contributed by atoms with Crippen molar-refractivity contribution in [3.8, 4) is 5.75 Å². The summed E-state index contributed by atoms with van der Waals surface area (Å²) in [6.07, 6.45) is 4.38. The van der Waals surface area contributed by atoms with E-state index in [1.54, 1.807) is 12.1 Å². The van der Waals surface area contributed by atoms with Crippen LogP contribution in [0.2, 0.25) is 0 Å². The molecular formula is C16H23NO3. The molecule has 4 nitrogen and oxygen atoms in total. The van der Waals surface area contributed by atoms with Crippen molar-refractivity contribution in [2.75, 3.05) is 13.2 Å². The van der Waals surface area contributed by atoms with Gasteiger partial charge in [0.05, 0.1) is 5.56 Å². The quantitative estimate of drug-likeness (QED) is 0.750. The summed E-state index contributed by atoms with van der Waals surface area (Å²) in [5.41, 5.74) is 0.559. The zero-order valence-electron chi connectivity index (χ0n) is 12.0. The number of hydrogen-bond donors (Lipinski definition) is 2. The molecule has 1 aliphatic carbocycles. The molecule has 0 spiro atoms. The fourth-order valence-electron chi connectivity index (χ4n) is 2.56. The van der Waals surface area contributed by atoms with E-state index in [0.29, 0.717) is 23.9 Å². The highest BCUT2D eigenvalue weighted by Gasteiger charge is 2.16. The SMILES string of the molecule is CC(=O)c1ccccc1OC[C@@H](O)CNC1CCCC1. The van der Waals surface area contributed by atoms with Crippen LogP contribution in [-0.4, -0.2) is 36.2 Å². The second-order valence-corrected chi connectivity index (χ2v) is 5.41. The Balaban J connectivity index is 1.77. The zero-order chi connectivity index (χ0) is 14.4. The molecular weight excluding hydrogens is 254 g/mol. The number of ether oxygens (including phenoxy) is 1. The van der Waals surface area contributed by atoms with E-state index < -0.39 is 6.10 Å². The number of aliphatic hydroxyl groups excluding tert-OH is 1. The molecule has 1 saturated carbocycles. The fraction of sp³-hybridized carbons (Fsp3) is 0.562. The standard InChI is InChI=1S/C16H23NO3/c1-12(18)15-8-4-5-9-16(15)20-11-14(19)10-17-13-6-2-3-7-13/h4-5,8-9,13-14,17,19H,2-3,6-7,10-11H2,1H3/t14-/m0/s1. The summed E-state index contributed by atoms with van der Waals surface area (Å²) in [6.45, 7) is 2.25. The molecule has 2 N–H and O–H groups in total. The van der Waals surface area contributed by atoms with E-state index in [2.05, 4.69) is 5.32 Å². The molecule has 0 heterocycles. The van der Waals surface area contributed by atoms with Crippen LogP contribution >= 0.6 is 0 Å². The Kier molecular flexibility index (Phi) is 5.56. The van der Waals surface area contributed by atoms with Crippen molar-refractivity contribution in [2.45, 2.75) is 44.8 Å². The van der Waals surface area contributed by atoms with Gasteiger partial charge in [-0.3, -0.25) is 4.79 Å². The molecule has 2 rings (SSSR count). The van der Waals surface area contributed by atoms with Gasteiger partial charge in [0.15, 0.2) is 5.78 Å². The van der Waals surface area contributed by atoms with Gasteiger partial charge in [0, 0.05) is 12.6 Å². The average Bonchev–Trinajstić information content (AvgIpc) is 2.96. The highest BCUT2D eigenvalue weighted by Crippen LogP contribution is 2.19. The first-order valence-corrected chi connectivity index (χ1v) is 7.31. The van der Waals surface area contributed by atoms with Crippen molar-refractivity contribution >= 4 is 5.78 Å². The molecule has 0 aliphatic heterocycles. The van der Waals surface area contributed by atoms with Crippen LogP contribution in [0.5, 0.6) is 5.75 Å². The Morgan fingerprint density at radius 1 is 1.40 bits per heavy atom. The Labute approximate surface area is 120 Å². The maximum Gasteiger partial charge on any atom is 0.163 e. The highest BCUT2D eigenvalue weighted by molar-refractivity contribution is 5.96. The lowest BCUT2D eigenvalue weighted by molar-refractivity contribution is 0.0965. The number of carbonyl (C=O) groups is 1. The highest BCUT2D eigenvalue weighted by atomic mass is 16.5. The minimum atomic E-state index is -0.560. The molecule has 1 atom stereocenters. The Hall–Kier alpha value is -1.39. The van der Waals surface area contributed by atoms with E-state index in [9.17, 15) is 9.90 Å². The van der Waals surface area contributed by atoms with E-state index in [-0.39, 0.29) is 12.4 Å². The molecule has 1 aromatic rings. The fourth-order valence-corrected chi connectivity index (χ4v) is 2.56. The Morgan fingerprint density at radius 2 is 2.10 bits per heavy atom. The van der Waals surface area contributed by atoms with Gasteiger partial charge in [-0.2, -0.15) is 0 Å². The van der Waals surface area contributed by atoms with E-state index in [0.717, 1.165) is 0 Å². The third-order valence-electron chi connectivity index (χ3n) is 3.69. The van der Waals surface area contributed by atoms with Crippen LogP contribution in [-0.2, 0) is 0 Å². The number of Topliss-reactive ketones (excluding diaryl/α,β-unsaturated/α-hetero) is 1. The number of benzene rings is 1. The molecule has 20 heavy (non-hydrogen) atoms. The van der Waals surface area contributed by atoms with Crippen molar-refractivity contribution < 1.29 is 14.6 Å². The maximum atomic E-state index is 11.5. The first-order valence-electron chi connectivity index (χ1n) is 7.31. The largest absolute Gasteiger partial charge is 0.490 e. The van der Waals surface area contributed by atoms with Crippen molar-refractivity contribution in [2.24, 2.45) is 0 Å². The lowest BCUT2D eigenvalue weighted by atomic mass is 10.1. The summed E-state index contributed by atoms with van der Waals surface area (Å²) in [5.74, 6) is 0.513. The lowest BCUT2D eigenvalue weighted by Gasteiger charge is -2.17. The number of para-hydroxylation sites is 1. The second-order valence-electron chi connectivity index (χ2n) is 5.41. The van der Waals surface area contributed by atoms with Gasteiger partial charge in [0.2, 0.25) is 0 Å². The summed E-state index contributed by atoms with van der Waals surface area (Å²) in [6, 6.07) is 7.66. The van der Waals surface area contributed by atoms with Gasteiger partial charge >= 0.3 is 0 Å². The summed E-state index contributed by atoms with van der Waals surface area (Å²) in [4.78, 5) is 11.5. The van der Waals surface area contributed by atoms with Crippen LogP contribution in [0.3, 0.4) is 0 Å². The second kappa shape index (κ2) is 7.41. The predicted octanol–water partition coefficient (Wildman–Crippen LogP) is 2.16. The van der Waals surface area contributed by atoms with Crippen LogP contribution in [0.1, 0.15) is 43.0 Å². The number of nitrogens with one attached hydrogen (secondary N) is 1. The van der Waals surface area contributed by atoms with Gasteiger partial charge in [-0.1, -0.05) is 25.0 Å². The monoisotopic (exact) mass is 277 g/mol. The predicted molar refractivity (Wildman–Crippen MR) is 78.2 cm³/mol. The number of hydrogen-bond acceptors (Lipinski definition) is 4. The average molecular weight is 277 g/mol. The van der Waals surface area contributed by atoms with Gasteiger partial charge in [-0.05, 0) is 31.9 Å². The molecule has 110 valence electrons. The van der Waals surface area contributed by atoms with Crippen LogP contribution in [0.25, 0.3) is 0 Å². The molecule has 4 heteroatoms. The van der Waals surface area contributed by atoms with Crippen molar-refractivity contribution in [3.05, 3.63) is 29.8 Å². The van der Waals surface area contributed by atoms with Gasteiger partial charge < -0.3 is 15.2 Å². The van der Waals surface area contributed by atoms with Gasteiger partial charge in [-0.25, -0.2) is 0 Å². The Bertz CT molecular complexity index is 441. The normalized spacial score (nSPS) is 17.1. The molecule has 0 radical (unpaired) electrons. The van der Waals surface area contributed by atoms with Crippen LogP contribution in [0.4, 0.5) is 0 Å². The van der Waals surface area contributed by atoms with E-state index in [1.807, 2.05) is 12.1 Å². The molecule has 0 aromatic heterocycles. The maximum absolute atomic E-state index is 11.5. The minimum absolute atomic E-state index is 0.0285. The van der Waals surface area contributed by atoms with Gasteiger partial charge in [0.1, 0.15) is 18.5 Å². The van der Waals surface area contributed by atoms with Crippen molar-refractivity contribution in [3.63, 3.8) is 0 Å². The smallest absolute Gasteiger partial charge is 0.163 e. The van der Waals surface area contributed by atoms with Crippen LogP contribution < -0.4 is 10.1 Å². The summed E-state index contributed by atoms with van der Waals surface area (Å²) in [5, 5.41) is 13.3. The zero-order valence-corrected chi connectivity index (χ0v) is 12.0. The molecule has 0 amide bonds. The first kappa shape index (κ1) is 15.0. The summed E-state index contributed by atoms with van der Waals surface area (Å²) >= 11 is 0. The topological polar surface area (TPSA) is 58.6 Å². The minimum Gasteiger partial charge on any atom is -0.490 e. The molecule has 0 bridgehead atoms. The van der Waals surface area contributed by atoms with E-state index >= 15 is 0 Å². The number of ketones is 1. The summed E-state index contributed by atoms with van der Waals surface area (Å²) in [7, 11) is 0. The number of rotatable bonds is 7. The molecule has 0 saturated heterocycles. The third kappa shape index (κ3) is 4.32.